The second-order valence-electron chi connectivity index (χ2n) is 10.3. The summed E-state index contributed by atoms with van der Waals surface area (Å²) in [6.45, 7) is 4.18. The van der Waals surface area contributed by atoms with Crippen LogP contribution in [-0.2, 0) is 23.9 Å². The van der Waals surface area contributed by atoms with E-state index in [4.69, 9.17) is 14.1 Å². The van der Waals surface area contributed by atoms with Crippen LogP contribution in [0.25, 0.3) is 11.0 Å². The van der Waals surface area contributed by atoms with Gasteiger partial charge in [0.2, 0.25) is 6.41 Å². The summed E-state index contributed by atoms with van der Waals surface area (Å²) in [6.07, 6.45) is 5.83. The third-order valence-corrected chi connectivity index (χ3v) is 10.00. The van der Waals surface area contributed by atoms with Gasteiger partial charge in [-0.05, 0) is 67.5 Å². The molecule has 11 nitrogen and oxygen atoms in total. The van der Waals surface area contributed by atoms with E-state index in [9.17, 15) is 19.2 Å². The average Bonchev–Trinajstić information content (AvgIpc) is 3.48. The van der Waals surface area contributed by atoms with Crippen LogP contribution < -0.4 is 0 Å². The van der Waals surface area contributed by atoms with Gasteiger partial charge in [0, 0.05) is 48.5 Å². The molecule has 3 rings (SSSR count). The quantitative estimate of drug-likeness (QED) is 0.104. The summed E-state index contributed by atoms with van der Waals surface area (Å²) < 4.78 is 15.7. The van der Waals surface area contributed by atoms with Crippen molar-refractivity contribution in [3.8, 4) is 0 Å². The standard InChI is InChI=1S/C29H40N4O7S2/c1-5-6-17-41-42-26(20(2)32(3)19-34)15-16-38-27(35)13-14-28(36)39-23-10-8-22(9-11-23)33(4)29(37)21-7-12-24-25(18-21)31-40-30-24/h7,12,18-19,22-23H,5-6,8-11,13-17H2,1-4H3/b26-20-. The van der Waals surface area contributed by atoms with Crippen molar-refractivity contribution in [2.75, 3.05) is 26.5 Å². The van der Waals surface area contributed by atoms with Crippen molar-refractivity contribution < 1.29 is 33.3 Å². The highest BCUT2D eigenvalue weighted by molar-refractivity contribution is 8.78. The molecule has 1 aromatic carbocycles. The SMILES string of the molecule is CCCCSS/C(CCOC(=O)CCC(=O)OC1CCC(N(C)C(=O)c2ccc3nonc3c2)CC1)=C(/C)N(C)C=O. The molecule has 2 amide bonds. The third kappa shape index (κ3) is 10.0. The largest absolute Gasteiger partial charge is 0.465 e. The molecule has 0 unspecified atom stereocenters. The number of aromatic nitrogens is 2. The molecule has 13 heteroatoms. The molecule has 0 radical (unpaired) electrons. The van der Waals surface area contributed by atoms with E-state index in [0.717, 1.165) is 35.6 Å². The molecule has 1 heterocycles. The van der Waals surface area contributed by atoms with E-state index in [1.165, 1.54) is 4.90 Å². The summed E-state index contributed by atoms with van der Waals surface area (Å²) in [5.74, 6) is 0.00257. The fraction of sp³-hybridized carbons (Fsp3) is 0.586. The van der Waals surface area contributed by atoms with Gasteiger partial charge in [0.05, 0.1) is 19.4 Å². The summed E-state index contributed by atoms with van der Waals surface area (Å²) >= 11 is 0. The van der Waals surface area contributed by atoms with Gasteiger partial charge in [-0.1, -0.05) is 34.9 Å². The molecular weight excluding hydrogens is 580 g/mol. The summed E-state index contributed by atoms with van der Waals surface area (Å²) in [5.41, 5.74) is 2.47. The lowest BCUT2D eigenvalue weighted by molar-refractivity contribution is -0.155. The third-order valence-electron chi connectivity index (χ3n) is 7.27. The van der Waals surface area contributed by atoms with Gasteiger partial charge >= 0.3 is 11.9 Å². The van der Waals surface area contributed by atoms with Crippen LogP contribution in [0.3, 0.4) is 0 Å². The number of rotatable bonds is 16. The molecule has 0 aliphatic heterocycles. The number of benzene rings is 1. The van der Waals surface area contributed by atoms with Crippen LogP contribution in [-0.4, -0.2) is 83.0 Å². The highest BCUT2D eigenvalue weighted by Gasteiger charge is 2.29. The first kappa shape index (κ1) is 33.4. The van der Waals surface area contributed by atoms with Crippen LogP contribution in [0, 0.1) is 0 Å². The molecule has 42 heavy (non-hydrogen) atoms. The highest BCUT2D eigenvalue weighted by Crippen LogP contribution is 2.35. The molecule has 0 saturated heterocycles. The van der Waals surface area contributed by atoms with E-state index >= 15 is 0 Å². The molecular formula is C29H40N4O7S2. The number of unbranched alkanes of at least 4 members (excludes halogenated alkanes) is 1. The predicted molar refractivity (Wildman–Crippen MR) is 162 cm³/mol. The summed E-state index contributed by atoms with van der Waals surface area (Å²) in [5, 5.41) is 7.56. The van der Waals surface area contributed by atoms with E-state index in [1.807, 2.05) is 6.92 Å². The topological polar surface area (TPSA) is 132 Å². The Balaban J connectivity index is 1.35. The van der Waals surface area contributed by atoms with E-state index in [2.05, 4.69) is 17.2 Å². The first-order valence-corrected chi connectivity index (χ1v) is 16.6. The fourth-order valence-electron chi connectivity index (χ4n) is 4.49. The second kappa shape index (κ2) is 17.2. The zero-order valence-electron chi connectivity index (χ0n) is 24.7. The van der Waals surface area contributed by atoms with Crippen LogP contribution in [0.4, 0.5) is 0 Å². The van der Waals surface area contributed by atoms with Gasteiger partial charge in [-0.2, -0.15) is 0 Å². The summed E-state index contributed by atoms with van der Waals surface area (Å²) in [6, 6.07) is 5.11. The number of esters is 2. The number of allylic oxidation sites excluding steroid dienone is 1. The molecule has 1 saturated carbocycles. The Labute approximate surface area is 254 Å². The molecule has 2 aromatic rings. The average molecular weight is 621 g/mol. The van der Waals surface area contributed by atoms with Gasteiger partial charge in [0.1, 0.15) is 17.1 Å². The van der Waals surface area contributed by atoms with Crippen LogP contribution in [0.1, 0.15) is 82.0 Å². The minimum Gasteiger partial charge on any atom is -0.465 e. The number of fused-ring (bicyclic) bond motifs is 1. The van der Waals surface area contributed by atoms with Crippen molar-refractivity contribution in [2.45, 2.75) is 83.8 Å². The molecule has 1 aliphatic carbocycles. The molecule has 0 bridgehead atoms. The number of hydrogen-bond donors (Lipinski definition) is 0. The summed E-state index contributed by atoms with van der Waals surface area (Å²) in [7, 11) is 6.80. The Morgan fingerprint density at radius 3 is 2.48 bits per heavy atom. The first-order valence-electron chi connectivity index (χ1n) is 14.2. The predicted octanol–water partition coefficient (Wildman–Crippen LogP) is 5.36. The smallest absolute Gasteiger partial charge is 0.306 e. The van der Waals surface area contributed by atoms with Gasteiger partial charge < -0.3 is 19.3 Å². The van der Waals surface area contributed by atoms with Crippen molar-refractivity contribution >= 4 is 56.9 Å². The van der Waals surface area contributed by atoms with Gasteiger partial charge in [-0.25, -0.2) is 4.63 Å². The second-order valence-corrected chi connectivity index (χ2v) is 12.8. The van der Waals surface area contributed by atoms with Gasteiger partial charge in [0.25, 0.3) is 5.91 Å². The Morgan fingerprint density at radius 1 is 1.05 bits per heavy atom. The maximum Gasteiger partial charge on any atom is 0.306 e. The number of amides is 2. The van der Waals surface area contributed by atoms with Gasteiger partial charge in [0.15, 0.2) is 0 Å². The van der Waals surface area contributed by atoms with Gasteiger partial charge in [-0.15, -0.1) is 0 Å². The van der Waals surface area contributed by atoms with Crippen molar-refractivity contribution in [1.82, 2.24) is 20.1 Å². The Hall–Kier alpha value is -3.06. The zero-order valence-corrected chi connectivity index (χ0v) is 26.3. The number of ether oxygens (including phenoxy) is 2. The maximum atomic E-state index is 13.0. The maximum absolute atomic E-state index is 13.0. The molecule has 1 aromatic heterocycles. The Bertz CT molecular complexity index is 1240. The van der Waals surface area contributed by atoms with E-state index < -0.39 is 11.9 Å². The normalized spacial score (nSPS) is 17.3. The lowest BCUT2D eigenvalue weighted by Gasteiger charge is -2.34. The molecule has 0 atom stereocenters. The van der Waals surface area contributed by atoms with Gasteiger partial charge in [-0.3, -0.25) is 19.2 Å². The Kier molecular flexibility index (Phi) is 13.7. The van der Waals surface area contributed by atoms with E-state index in [1.54, 1.807) is 58.8 Å². The number of carbonyl (C=O) groups is 4. The minimum atomic E-state index is -0.459. The lowest BCUT2D eigenvalue weighted by atomic mass is 9.91. The van der Waals surface area contributed by atoms with Crippen LogP contribution in [0.15, 0.2) is 33.4 Å². The number of carbonyl (C=O) groups excluding carboxylic acids is 4. The zero-order chi connectivity index (χ0) is 30.5. The Morgan fingerprint density at radius 2 is 1.76 bits per heavy atom. The van der Waals surface area contributed by atoms with Crippen LogP contribution >= 0.6 is 21.6 Å². The highest BCUT2D eigenvalue weighted by atomic mass is 33.1. The minimum absolute atomic E-state index is 0.0330. The summed E-state index contributed by atoms with van der Waals surface area (Å²) in [4.78, 5) is 53.0. The molecule has 230 valence electrons. The molecule has 0 N–H and O–H groups in total. The van der Waals surface area contributed by atoms with Crippen LogP contribution in [0.5, 0.6) is 0 Å². The van der Waals surface area contributed by atoms with E-state index in [-0.39, 0.29) is 37.5 Å². The monoisotopic (exact) mass is 620 g/mol. The van der Waals surface area contributed by atoms with E-state index in [0.29, 0.717) is 48.7 Å². The lowest BCUT2D eigenvalue weighted by Crippen LogP contribution is -2.41. The number of hydrogen-bond acceptors (Lipinski definition) is 11. The van der Waals surface area contributed by atoms with Crippen LogP contribution in [0.2, 0.25) is 0 Å². The van der Waals surface area contributed by atoms with Crippen molar-refractivity contribution in [2.24, 2.45) is 0 Å². The molecule has 1 fully saturated rings. The van der Waals surface area contributed by atoms with Crippen molar-refractivity contribution in [3.05, 3.63) is 34.4 Å². The van der Waals surface area contributed by atoms with Crippen molar-refractivity contribution in [1.29, 1.82) is 0 Å². The molecule has 0 spiro atoms. The van der Waals surface area contributed by atoms with Crippen molar-refractivity contribution in [3.63, 3.8) is 0 Å². The molecule has 1 aliphatic rings. The number of nitrogens with zero attached hydrogens (tertiary/aromatic N) is 4. The fourth-order valence-corrected chi connectivity index (χ4v) is 7.19. The first-order chi connectivity index (χ1) is 20.2.